The van der Waals surface area contributed by atoms with Crippen LogP contribution < -0.4 is 42.5 Å². The van der Waals surface area contributed by atoms with Crippen molar-refractivity contribution in [1.29, 1.82) is 0 Å². The molecule has 0 saturated heterocycles. The molecule has 2 amide bonds. The minimum absolute atomic E-state index is 0.151. The number of nitrogens with one attached hydrogen (secondary N) is 2. The molecule has 296 valence electrons. The standard InChI is InChI=1S/C44H32Br8N2O2P2/c45-25-13-26(46)18-33(17-25)57(34-19-27(47)14-28(48)20-34)41-11-5-1-7-37(41)43(55)53-39-9-3-4-10-40(39)54-44(56)38-8-2-6-12-42(38)58(35-21-29(49)15-30(50)22-35)36-23-31(51)16-32(52)24-36/h1-2,5-8,11-24,39-40H,3-4,9-10H2,(H,53,55)(H,54,56). The first-order valence-electron chi connectivity index (χ1n) is 18.1. The first-order chi connectivity index (χ1) is 27.8. The van der Waals surface area contributed by atoms with Gasteiger partial charge in [0.1, 0.15) is 0 Å². The number of hydrogen-bond donors (Lipinski definition) is 2. The van der Waals surface area contributed by atoms with Crippen LogP contribution in [0.4, 0.5) is 0 Å². The molecule has 14 heteroatoms. The topological polar surface area (TPSA) is 58.2 Å². The minimum Gasteiger partial charge on any atom is -0.347 e. The molecule has 1 fully saturated rings. The number of carbonyl (C=O) groups excluding carboxylic acids is 2. The summed E-state index contributed by atoms with van der Waals surface area (Å²) in [5.74, 6) is -0.302. The predicted octanol–water partition coefficient (Wildman–Crippen LogP) is 12.8. The normalized spacial score (nSPS) is 15.4. The van der Waals surface area contributed by atoms with Gasteiger partial charge in [0.05, 0.1) is 0 Å². The summed E-state index contributed by atoms with van der Waals surface area (Å²) in [5, 5.41) is 13.1. The van der Waals surface area contributed by atoms with Gasteiger partial charge >= 0.3 is 0 Å². The summed E-state index contributed by atoms with van der Waals surface area (Å²) in [6.07, 6.45) is 3.44. The van der Waals surface area contributed by atoms with Crippen LogP contribution in [0.5, 0.6) is 0 Å². The van der Waals surface area contributed by atoms with Crippen LogP contribution in [0.2, 0.25) is 0 Å². The van der Waals surface area contributed by atoms with E-state index in [1.54, 1.807) is 0 Å². The van der Waals surface area contributed by atoms with Crippen LogP contribution in [0.1, 0.15) is 46.4 Å². The zero-order valence-corrected chi connectivity index (χ0v) is 44.7. The second kappa shape index (κ2) is 20.4. The predicted molar refractivity (Wildman–Crippen MR) is 273 cm³/mol. The van der Waals surface area contributed by atoms with Gasteiger partial charge in [0, 0.05) is 59.0 Å². The van der Waals surface area contributed by atoms with Crippen molar-refractivity contribution < 1.29 is 9.59 Å². The molecule has 0 bridgehead atoms. The summed E-state index contributed by atoms with van der Waals surface area (Å²) >= 11 is 29.6. The Bertz CT molecular complexity index is 2160. The molecule has 6 aromatic rings. The summed E-state index contributed by atoms with van der Waals surface area (Å²) in [4.78, 5) is 29.1. The quantitative estimate of drug-likeness (QED) is 0.134. The van der Waals surface area contributed by atoms with Crippen molar-refractivity contribution in [2.24, 2.45) is 0 Å². The average molecular weight is 1320 g/mol. The van der Waals surface area contributed by atoms with E-state index in [9.17, 15) is 9.59 Å². The molecule has 6 aromatic carbocycles. The third-order valence-corrected chi connectivity index (χ3v) is 18.1. The van der Waals surface area contributed by atoms with Gasteiger partial charge in [-0.3, -0.25) is 9.59 Å². The van der Waals surface area contributed by atoms with Crippen molar-refractivity contribution in [3.63, 3.8) is 0 Å². The fourth-order valence-electron chi connectivity index (χ4n) is 7.22. The Kier molecular flexibility index (Phi) is 15.9. The van der Waals surface area contributed by atoms with E-state index < -0.39 is 15.8 Å². The number of hydrogen-bond acceptors (Lipinski definition) is 2. The molecule has 0 heterocycles. The lowest BCUT2D eigenvalue weighted by Crippen LogP contribution is -2.54. The van der Waals surface area contributed by atoms with E-state index in [4.69, 9.17) is 0 Å². The summed E-state index contributed by atoms with van der Waals surface area (Å²) in [7, 11) is -2.32. The van der Waals surface area contributed by atoms with E-state index in [1.165, 1.54) is 0 Å². The Hall–Kier alpha value is -1.04. The number of benzene rings is 6. The maximum atomic E-state index is 14.6. The molecule has 0 spiro atoms. The highest BCUT2D eigenvalue weighted by Crippen LogP contribution is 2.40. The van der Waals surface area contributed by atoms with Gasteiger partial charge in [0.2, 0.25) is 0 Å². The van der Waals surface area contributed by atoms with Crippen molar-refractivity contribution >= 4 is 187 Å². The molecule has 1 aliphatic carbocycles. The van der Waals surface area contributed by atoms with Crippen LogP contribution in [-0.2, 0) is 0 Å². The Labute approximate surface area is 408 Å². The zero-order valence-electron chi connectivity index (χ0n) is 30.3. The van der Waals surface area contributed by atoms with Crippen LogP contribution in [0.25, 0.3) is 0 Å². The summed E-state index contributed by atoms with van der Waals surface area (Å²) in [6, 6.07) is 40.4. The maximum Gasteiger partial charge on any atom is 0.252 e. The van der Waals surface area contributed by atoms with E-state index in [2.05, 4.69) is 199 Å². The molecule has 0 aliphatic heterocycles. The van der Waals surface area contributed by atoms with E-state index in [1.807, 2.05) is 60.7 Å². The Morgan fingerprint density at radius 3 is 0.948 bits per heavy atom. The highest BCUT2D eigenvalue weighted by atomic mass is 79.9. The fraction of sp³-hybridized carbons (Fsp3) is 0.136. The van der Waals surface area contributed by atoms with Crippen molar-refractivity contribution in [2.75, 3.05) is 0 Å². The van der Waals surface area contributed by atoms with Crippen molar-refractivity contribution in [1.82, 2.24) is 10.6 Å². The SMILES string of the molecule is O=C(NC1CCCCC1NC(=O)c1ccccc1P(c1cc(Br)cc(Br)c1)c1cc(Br)cc(Br)c1)c1ccccc1P(c1cc(Br)cc(Br)c1)c1cc(Br)cc(Br)c1. The fourth-order valence-corrected chi connectivity index (χ4v) is 19.0. The average Bonchev–Trinajstić information content (AvgIpc) is 3.15. The number of amides is 2. The van der Waals surface area contributed by atoms with E-state index in [-0.39, 0.29) is 23.9 Å². The highest BCUT2D eigenvalue weighted by Gasteiger charge is 2.32. The number of carbonyl (C=O) groups is 2. The van der Waals surface area contributed by atoms with Crippen LogP contribution >= 0.6 is 143 Å². The molecule has 2 N–H and O–H groups in total. The lowest BCUT2D eigenvalue weighted by molar-refractivity contribution is 0.0864. The summed E-state index contributed by atoms with van der Waals surface area (Å²) < 4.78 is 7.59. The second-order valence-corrected chi connectivity index (χ2v) is 25.4. The lowest BCUT2D eigenvalue weighted by atomic mass is 9.89. The van der Waals surface area contributed by atoms with E-state index >= 15 is 0 Å². The van der Waals surface area contributed by atoms with Gasteiger partial charge in [-0.15, -0.1) is 0 Å². The van der Waals surface area contributed by atoms with Crippen molar-refractivity contribution in [3.8, 4) is 0 Å². The maximum absolute atomic E-state index is 14.6. The first-order valence-corrected chi connectivity index (χ1v) is 27.1. The summed E-state index contributed by atoms with van der Waals surface area (Å²) in [6.45, 7) is 0. The third kappa shape index (κ3) is 11.1. The molecule has 2 atom stereocenters. The molecule has 0 radical (unpaired) electrons. The molecule has 2 unspecified atom stereocenters. The summed E-state index contributed by atoms with van der Waals surface area (Å²) in [5.41, 5.74) is 1.24. The lowest BCUT2D eigenvalue weighted by Gasteiger charge is -2.33. The van der Waals surface area contributed by atoms with Crippen LogP contribution in [0.3, 0.4) is 0 Å². The molecule has 0 aromatic heterocycles. The van der Waals surface area contributed by atoms with Gasteiger partial charge in [0.15, 0.2) is 0 Å². The number of rotatable bonds is 10. The van der Waals surface area contributed by atoms with Crippen molar-refractivity contribution in [2.45, 2.75) is 37.8 Å². The monoisotopic (exact) mass is 1310 g/mol. The molecule has 7 rings (SSSR count). The van der Waals surface area contributed by atoms with Gasteiger partial charge in [-0.2, -0.15) is 0 Å². The Morgan fingerprint density at radius 2 is 0.672 bits per heavy atom. The van der Waals surface area contributed by atoms with Crippen LogP contribution in [0.15, 0.2) is 157 Å². The van der Waals surface area contributed by atoms with Crippen LogP contribution in [0, 0.1) is 0 Å². The largest absolute Gasteiger partial charge is 0.347 e. The molecule has 1 aliphatic rings. The smallest absolute Gasteiger partial charge is 0.252 e. The highest BCUT2D eigenvalue weighted by molar-refractivity contribution is 9.12. The van der Waals surface area contributed by atoms with Crippen LogP contribution in [-0.4, -0.2) is 23.9 Å². The second-order valence-electron chi connectivity index (χ2n) is 13.7. The molecule has 58 heavy (non-hydrogen) atoms. The van der Waals surface area contributed by atoms with Gasteiger partial charge in [-0.25, -0.2) is 0 Å². The van der Waals surface area contributed by atoms with Gasteiger partial charge in [-0.1, -0.05) is 177 Å². The first kappa shape index (κ1) is 45.0. The van der Waals surface area contributed by atoms with Gasteiger partial charge in [0.25, 0.3) is 11.8 Å². The molecular weight excluding hydrogens is 1290 g/mol. The molecular formula is C44H32Br8N2O2P2. The Morgan fingerprint density at radius 1 is 0.414 bits per heavy atom. The van der Waals surface area contributed by atoms with Crippen molar-refractivity contribution in [3.05, 3.63) is 168 Å². The number of halogens is 8. The third-order valence-electron chi connectivity index (χ3n) is 9.60. The van der Waals surface area contributed by atoms with Gasteiger partial charge in [-0.05, 0) is 145 Å². The van der Waals surface area contributed by atoms with E-state index in [0.717, 1.165) is 93.3 Å². The zero-order chi connectivity index (χ0) is 41.1. The van der Waals surface area contributed by atoms with E-state index in [0.29, 0.717) is 11.1 Å². The van der Waals surface area contributed by atoms with Gasteiger partial charge < -0.3 is 10.6 Å². The molecule has 1 saturated carbocycles. The Balaban J connectivity index is 1.20. The molecule has 4 nitrogen and oxygen atoms in total. The minimum atomic E-state index is -1.16.